The van der Waals surface area contributed by atoms with Gasteiger partial charge < -0.3 is 19.9 Å². The highest BCUT2D eigenvalue weighted by Crippen LogP contribution is 2.32. The molecule has 1 fully saturated rings. The number of hydrogen-bond acceptors (Lipinski definition) is 4. The number of rotatable bonds is 7. The summed E-state index contributed by atoms with van der Waals surface area (Å²) in [4.78, 5) is 0. The van der Waals surface area contributed by atoms with Gasteiger partial charge in [-0.2, -0.15) is 0 Å². The first-order valence-corrected chi connectivity index (χ1v) is 7.82. The van der Waals surface area contributed by atoms with Gasteiger partial charge in [-0.15, -0.1) is 0 Å². The summed E-state index contributed by atoms with van der Waals surface area (Å²) in [5.41, 5.74) is 5.45. The molecule has 0 amide bonds. The SMILES string of the molecule is COC1(COc2cccc(OC(C)CN)c2)CCCCC1. The van der Waals surface area contributed by atoms with Gasteiger partial charge in [-0.25, -0.2) is 0 Å². The molecule has 0 radical (unpaired) electrons. The fraction of sp³-hybridized carbons (Fsp3) is 0.647. The van der Waals surface area contributed by atoms with Crippen LogP contribution in [0.25, 0.3) is 0 Å². The fourth-order valence-corrected chi connectivity index (χ4v) is 2.74. The first-order valence-electron chi connectivity index (χ1n) is 7.82. The number of benzene rings is 1. The van der Waals surface area contributed by atoms with E-state index in [9.17, 15) is 0 Å². The quantitative estimate of drug-likeness (QED) is 0.839. The second kappa shape index (κ2) is 7.66. The summed E-state index contributed by atoms with van der Waals surface area (Å²) in [5.74, 6) is 1.61. The van der Waals surface area contributed by atoms with Crippen LogP contribution in [0.15, 0.2) is 24.3 Å². The summed E-state index contributed by atoms with van der Waals surface area (Å²) in [6.07, 6.45) is 5.88. The monoisotopic (exact) mass is 293 g/mol. The van der Waals surface area contributed by atoms with Crippen molar-refractivity contribution in [1.29, 1.82) is 0 Å². The molecule has 1 aromatic rings. The van der Waals surface area contributed by atoms with Crippen LogP contribution < -0.4 is 15.2 Å². The van der Waals surface area contributed by atoms with Crippen LogP contribution >= 0.6 is 0 Å². The lowest BCUT2D eigenvalue weighted by atomic mass is 9.85. The highest BCUT2D eigenvalue weighted by Gasteiger charge is 2.32. The van der Waals surface area contributed by atoms with Crippen LogP contribution in [0.3, 0.4) is 0 Å². The molecule has 21 heavy (non-hydrogen) atoms. The van der Waals surface area contributed by atoms with Crippen LogP contribution in [0.4, 0.5) is 0 Å². The summed E-state index contributed by atoms with van der Waals surface area (Å²) < 4.78 is 17.4. The molecule has 0 aliphatic heterocycles. The topological polar surface area (TPSA) is 53.7 Å². The molecule has 1 atom stereocenters. The van der Waals surface area contributed by atoms with Gasteiger partial charge in [0.25, 0.3) is 0 Å². The Morgan fingerprint density at radius 1 is 1.19 bits per heavy atom. The van der Waals surface area contributed by atoms with Gasteiger partial charge in [-0.05, 0) is 31.9 Å². The van der Waals surface area contributed by atoms with Gasteiger partial charge >= 0.3 is 0 Å². The van der Waals surface area contributed by atoms with Crippen LogP contribution in [0.5, 0.6) is 11.5 Å². The fourth-order valence-electron chi connectivity index (χ4n) is 2.74. The van der Waals surface area contributed by atoms with Crippen molar-refractivity contribution in [2.24, 2.45) is 5.73 Å². The summed E-state index contributed by atoms with van der Waals surface area (Å²) in [5, 5.41) is 0. The average Bonchev–Trinajstić information content (AvgIpc) is 2.54. The van der Waals surface area contributed by atoms with Gasteiger partial charge in [0.2, 0.25) is 0 Å². The Labute approximate surface area is 127 Å². The van der Waals surface area contributed by atoms with E-state index in [2.05, 4.69) is 0 Å². The third-order valence-electron chi connectivity index (χ3n) is 4.17. The molecule has 1 saturated carbocycles. The molecule has 0 spiro atoms. The second-order valence-electron chi connectivity index (χ2n) is 5.88. The Bertz CT molecular complexity index is 430. The first kappa shape index (κ1) is 16.1. The minimum atomic E-state index is -0.125. The summed E-state index contributed by atoms with van der Waals surface area (Å²) in [7, 11) is 1.79. The second-order valence-corrected chi connectivity index (χ2v) is 5.88. The molecule has 1 aliphatic rings. The molecule has 0 aromatic heterocycles. The number of hydrogen-bond donors (Lipinski definition) is 1. The van der Waals surface area contributed by atoms with E-state index in [1.807, 2.05) is 31.2 Å². The molecule has 0 saturated heterocycles. The molecule has 2 rings (SSSR count). The van der Waals surface area contributed by atoms with E-state index in [1.54, 1.807) is 7.11 Å². The maximum Gasteiger partial charge on any atom is 0.123 e. The zero-order chi connectivity index (χ0) is 15.1. The van der Waals surface area contributed by atoms with E-state index in [1.165, 1.54) is 19.3 Å². The van der Waals surface area contributed by atoms with Crippen LogP contribution in [0.2, 0.25) is 0 Å². The predicted molar refractivity (Wildman–Crippen MR) is 83.9 cm³/mol. The average molecular weight is 293 g/mol. The standard InChI is InChI=1S/C17H27NO3/c1-14(12-18)21-16-8-6-7-15(11-16)20-13-17(19-2)9-4-3-5-10-17/h6-8,11,14H,3-5,9-10,12-13,18H2,1-2H3. The van der Waals surface area contributed by atoms with E-state index in [-0.39, 0.29) is 11.7 Å². The van der Waals surface area contributed by atoms with E-state index < -0.39 is 0 Å². The molecule has 4 nitrogen and oxygen atoms in total. The van der Waals surface area contributed by atoms with Crippen LogP contribution in [0.1, 0.15) is 39.0 Å². The minimum absolute atomic E-state index is 0.00362. The number of nitrogens with two attached hydrogens (primary N) is 1. The lowest BCUT2D eigenvalue weighted by Gasteiger charge is -2.35. The number of ether oxygens (including phenoxy) is 3. The minimum Gasteiger partial charge on any atom is -0.490 e. The summed E-state index contributed by atoms with van der Waals surface area (Å²) in [6, 6.07) is 7.73. The van der Waals surface area contributed by atoms with Crippen molar-refractivity contribution < 1.29 is 14.2 Å². The van der Waals surface area contributed by atoms with E-state index in [4.69, 9.17) is 19.9 Å². The molecule has 1 aliphatic carbocycles. The first-order chi connectivity index (χ1) is 10.2. The van der Waals surface area contributed by atoms with Crippen LogP contribution in [-0.2, 0) is 4.74 Å². The van der Waals surface area contributed by atoms with Crippen molar-refractivity contribution in [3.05, 3.63) is 24.3 Å². The molecule has 0 bridgehead atoms. The Morgan fingerprint density at radius 3 is 2.57 bits per heavy atom. The van der Waals surface area contributed by atoms with Crippen LogP contribution in [0, 0.1) is 0 Å². The van der Waals surface area contributed by atoms with Crippen molar-refractivity contribution in [3.8, 4) is 11.5 Å². The lowest BCUT2D eigenvalue weighted by Crippen LogP contribution is -2.40. The highest BCUT2D eigenvalue weighted by molar-refractivity contribution is 5.33. The highest BCUT2D eigenvalue weighted by atomic mass is 16.5. The zero-order valence-electron chi connectivity index (χ0n) is 13.1. The number of methoxy groups -OCH3 is 1. The van der Waals surface area contributed by atoms with Crippen molar-refractivity contribution in [1.82, 2.24) is 0 Å². The van der Waals surface area contributed by atoms with Gasteiger partial charge in [0.15, 0.2) is 0 Å². The van der Waals surface area contributed by atoms with Crippen molar-refractivity contribution in [2.75, 3.05) is 20.3 Å². The van der Waals surface area contributed by atoms with E-state index in [0.717, 1.165) is 24.3 Å². The molecule has 2 N–H and O–H groups in total. The Morgan fingerprint density at radius 2 is 1.90 bits per heavy atom. The van der Waals surface area contributed by atoms with E-state index >= 15 is 0 Å². The van der Waals surface area contributed by atoms with Crippen molar-refractivity contribution in [3.63, 3.8) is 0 Å². The third kappa shape index (κ3) is 4.61. The molecule has 1 unspecified atom stereocenters. The maximum absolute atomic E-state index is 5.96. The van der Waals surface area contributed by atoms with Gasteiger partial charge in [0.05, 0.1) is 0 Å². The zero-order valence-corrected chi connectivity index (χ0v) is 13.1. The smallest absolute Gasteiger partial charge is 0.123 e. The summed E-state index contributed by atoms with van der Waals surface area (Å²) >= 11 is 0. The van der Waals surface area contributed by atoms with Gasteiger partial charge in [0, 0.05) is 19.7 Å². The molecule has 4 heteroatoms. The van der Waals surface area contributed by atoms with Gasteiger partial charge in [-0.1, -0.05) is 25.3 Å². The third-order valence-corrected chi connectivity index (χ3v) is 4.17. The van der Waals surface area contributed by atoms with Crippen molar-refractivity contribution >= 4 is 0 Å². The molecular weight excluding hydrogens is 266 g/mol. The molecule has 118 valence electrons. The largest absolute Gasteiger partial charge is 0.490 e. The van der Waals surface area contributed by atoms with Crippen LogP contribution in [-0.4, -0.2) is 32.0 Å². The normalized spacial score (nSPS) is 19.0. The van der Waals surface area contributed by atoms with Gasteiger partial charge in [0.1, 0.15) is 29.8 Å². The molecule has 0 heterocycles. The molecule has 1 aromatic carbocycles. The van der Waals surface area contributed by atoms with Crippen molar-refractivity contribution in [2.45, 2.75) is 50.7 Å². The lowest BCUT2D eigenvalue weighted by molar-refractivity contribution is -0.0687. The Kier molecular flexibility index (Phi) is 5.88. The predicted octanol–water partition coefficient (Wildman–Crippen LogP) is 3.14. The maximum atomic E-state index is 5.96. The Hall–Kier alpha value is -1.26. The van der Waals surface area contributed by atoms with E-state index in [0.29, 0.717) is 13.2 Å². The summed E-state index contributed by atoms with van der Waals surface area (Å²) in [6.45, 7) is 3.05. The molecular formula is C17H27NO3. The Balaban J connectivity index is 1.94. The van der Waals surface area contributed by atoms with Gasteiger partial charge in [-0.3, -0.25) is 0 Å².